The Morgan fingerprint density at radius 3 is 2.25 bits per heavy atom. The second kappa shape index (κ2) is 5.75. The molecule has 0 heterocycles. The van der Waals surface area contributed by atoms with E-state index in [4.69, 9.17) is 11.6 Å². The molecular formula is C15H11ClO4. The highest BCUT2D eigenvalue weighted by Gasteiger charge is 2.16. The molecule has 1 N–H and O–H groups in total. The number of ketones is 1. The predicted octanol–water partition coefficient (Wildman–Crippen LogP) is 3.06. The average molecular weight is 291 g/mol. The van der Waals surface area contributed by atoms with Gasteiger partial charge >= 0.3 is 5.97 Å². The molecule has 0 aliphatic rings. The summed E-state index contributed by atoms with van der Waals surface area (Å²) < 4.78 is 4.55. The van der Waals surface area contributed by atoms with Gasteiger partial charge in [0.25, 0.3) is 0 Å². The number of esters is 1. The van der Waals surface area contributed by atoms with Crippen LogP contribution in [0.3, 0.4) is 0 Å². The van der Waals surface area contributed by atoms with Gasteiger partial charge in [-0.3, -0.25) is 4.79 Å². The molecule has 2 rings (SSSR count). The number of ether oxygens (including phenoxy) is 1. The number of carbonyl (C=O) groups excluding carboxylic acids is 2. The largest absolute Gasteiger partial charge is 0.507 e. The predicted molar refractivity (Wildman–Crippen MR) is 74.3 cm³/mol. The minimum absolute atomic E-state index is 0.0488. The fraction of sp³-hybridized carbons (Fsp3) is 0.0667. The third-order valence-electron chi connectivity index (χ3n) is 2.77. The first kappa shape index (κ1) is 14.1. The molecule has 4 nitrogen and oxygen atoms in total. The number of halogens is 1. The normalized spacial score (nSPS) is 10.1. The molecule has 0 aliphatic heterocycles. The van der Waals surface area contributed by atoms with Crippen LogP contribution >= 0.6 is 11.6 Å². The number of phenolic OH excluding ortho intramolecular Hbond substituents is 1. The molecule has 5 heteroatoms. The molecule has 0 bridgehead atoms. The topological polar surface area (TPSA) is 63.6 Å². The highest BCUT2D eigenvalue weighted by atomic mass is 35.5. The molecule has 0 aromatic heterocycles. The number of hydrogen-bond donors (Lipinski definition) is 1. The van der Waals surface area contributed by atoms with Crippen molar-refractivity contribution in [3.8, 4) is 5.75 Å². The average Bonchev–Trinajstić information content (AvgIpc) is 2.47. The third-order valence-corrected chi connectivity index (χ3v) is 3.02. The summed E-state index contributed by atoms with van der Waals surface area (Å²) in [6.45, 7) is 0. The van der Waals surface area contributed by atoms with Crippen LogP contribution in [0.2, 0.25) is 5.02 Å². The smallest absolute Gasteiger partial charge is 0.341 e. The molecule has 2 aromatic carbocycles. The second-order valence-corrected chi connectivity index (χ2v) is 4.50. The van der Waals surface area contributed by atoms with Gasteiger partial charge < -0.3 is 9.84 Å². The summed E-state index contributed by atoms with van der Waals surface area (Å²) in [6.07, 6.45) is 0. The maximum atomic E-state index is 12.3. The van der Waals surface area contributed by atoms with E-state index in [-0.39, 0.29) is 22.7 Å². The van der Waals surface area contributed by atoms with E-state index in [1.807, 2.05) is 0 Å². The van der Waals surface area contributed by atoms with Gasteiger partial charge in [0, 0.05) is 16.1 Å². The van der Waals surface area contributed by atoms with E-state index in [1.54, 1.807) is 24.3 Å². The molecule has 0 saturated carbocycles. The number of benzene rings is 2. The minimum Gasteiger partial charge on any atom is -0.507 e. The Bertz CT molecular complexity index is 662. The molecule has 0 amide bonds. The molecule has 0 radical (unpaired) electrons. The number of carbonyl (C=O) groups is 2. The molecule has 0 unspecified atom stereocenters. The first-order valence-corrected chi connectivity index (χ1v) is 6.12. The Balaban J connectivity index is 2.40. The van der Waals surface area contributed by atoms with Crippen molar-refractivity contribution >= 4 is 23.4 Å². The van der Waals surface area contributed by atoms with Gasteiger partial charge in [-0.2, -0.15) is 0 Å². The maximum Gasteiger partial charge on any atom is 0.341 e. The van der Waals surface area contributed by atoms with Crippen LogP contribution in [0.15, 0.2) is 42.5 Å². The lowest BCUT2D eigenvalue weighted by Crippen LogP contribution is -2.06. The lowest BCUT2D eigenvalue weighted by Gasteiger charge is -2.06. The zero-order valence-corrected chi connectivity index (χ0v) is 11.3. The van der Waals surface area contributed by atoms with E-state index in [0.29, 0.717) is 10.6 Å². The van der Waals surface area contributed by atoms with E-state index < -0.39 is 5.97 Å². The van der Waals surface area contributed by atoms with Crippen molar-refractivity contribution in [2.24, 2.45) is 0 Å². The van der Waals surface area contributed by atoms with E-state index in [9.17, 15) is 14.7 Å². The highest BCUT2D eigenvalue weighted by Crippen LogP contribution is 2.21. The lowest BCUT2D eigenvalue weighted by molar-refractivity contribution is 0.0597. The van der Waals surface area contributed by atoms with Crippen LogP contribution < -0.4 is 0 Å². The molecule has 0 saturated heterocycles. The number of phenols is 1. The summed E-state index contributed by atoms with van der Waals surface area (Å²) in [5.74, 6) is -1.20. The lowest BCUT2D eigenvalue weighted by atomic mass is 10.0. The maximum absolute atomic E-state index is 12.3. The summed E-state index contributed by atoms with van der Waals surface area (Å²) in [6, 6.07) is 10.4. The highest BCUT2D eigenvalue weighted by molar-refractivity contribution is 6.30. The van der Waals surface area contributed by atoms with E-state index in [2.05, 4.69) is 4.74 Å². The van der Waals surface area contributed by atoms with Crippen molar-refractivity contribution in [2.75, 3.05) is 7.11 Å². The molecular weight excluding hydrogens is 280 g/mol. The summed E-state index contributed by atoms with van der Waals surface area (Å²) in [4.78, 5) is 23.7. The Labute approximate surface area is 120 Å². The fourth-order valence-electron chi connectivity index (χ4n) is 1.72. The van der Waals surface area contributed by atoms with Gasteiger partial charge in [-0.15, -0.1) is 0 Å². The number of rotatable bonds is 3. The molecule has 102 valence electrons. The number of aromatic hydroxyl groups is 1. The fourth-order valence-corrected chi connectivity index (χ4v) is 1.84. The Kier molecular flexibility index (Phi) is 4.05. The van der Waals surface area contributed by atoms with Crippen molar-refractivity contribution in [3.63, 3.8) is 0 Å². The van der Waals surface area contributed by atoms with Crippen LogP contribution in [0.25, 0.3) is 0 Å². The zero-order valence-electron chi connectivity index (χ0n) is 10.6. The van der Waals surface area contributed by atoms with Crippen LogP contribution in [-0.4, -0.2) is 24.0 Å². The van der Waals surface area contributed by atoms with Crippen LogP contribution in [-0.2, 0) is 4.74 Å². The van der Waals surface area contributed by atoms with Gasteiger partial charge in [-0.1, -0.05) is 11.6 Å². The Morgan fingerprint density at radius 1 is 1.05 bits per heavy atom. The van der Waals surface area contributed by atoms with Gasteiger partial charge in [0.15, 0.2) is 5.78 Å². The zero-order chi connectivity index (χ0) is 14.7. The van der Waals surface area contributed by atoms with Crippen molar-refractivity contribution < 1.29 is 19.4 Å². The first-order chi connectivity index (χ1) is 9.52. The second-order valence-electron chi connectivity index (χ2n) is 4.06. The van der Waals surface area contributed by atoms with Crippen molar-refractivity contribution in [1.29, 1.82) is 0 Å². The van der Waals surface area contributed by atoms with Crippen molar-refractivity contribution in [2.45, 2.75) is 0 Å². The van der Waals surface area contributed by atoms with E-state index in [0.717, 1.165) is 0 Å². The molecule has 2 aromatic rings. The van der Waals surface area contributed by atoms with Gasteiger partial charge in [0.1, 0.15) is 11.3 Å². The Morgan fingerprint density at radius 2 is 1.65 bits per heavy atom. The quantitative estimate of drug-likeness (QED) is 0.697. The molecule has 0 aliphatic carbocycles. The van der Waals surface area contributed by atoms with E-state index in [1.165, 1.54) is 25.3 Å². The van der Waals surface area contributed by atoms with Crippen LogP contribution in [0.5, 0.6) is 5.75 Å². The van der Waals surface area contributed by atoms with Crippen LogP contribution in [0.1, 0.15) is 26.3 Å². The summed E-state index contributed by atoms with van der Waals surface area (Å²) >= 11 is 5.76. The Hall–Kier alpha value is -2.33. The SMILES string of the molecule is COC(=O)c1cc(C(=O)c2ccc(Cl)cc2)ccc1O. The summed E-state index contributed by atoms with van der Waals surface area (Å²) in [7, 11) is 1.20. The third kappa shape index (κ3) is 2.81. The van der Waals surface area contributed by atoms with Crippen LogP contribution in [0.4, 0.5) is 0 Å². The summed E-state index contributed by atoms with van der Waals surface area (Å²) in [5, 5.41) is 10.1. The summed E-state index contributed by atoms with van der Waals surface area (Å²) in [5.41, 5.74) is 0.675. The van der Waals surface area contributed by atoms with Gasteiger partial charge in [-0.05, 0) is 42.5 Å². The van der Waals surface area contributed by atoms with Crippen molar-refractivity contribution in [1.82, 2.24) is 0 Å². The minimum atomic E-state index is -0.701. The van der Waals surface area contributed by atoms with Gasteiger partial charge in [0.2, 0.25) is 0 Å². The van der Waals surface area contributed by atoms with Gasteiger partial charge in [0.05, 0.1) is 7.11 Å². The first-order valence-electron chi connectivity index (χ1n) is 5.74. The number of methoxy groups -OCH3 is 1. The van der Waals surface area contributed by atoms with Gasteiger partial charge in [-0.25, -0.2) is 4.79 Å². The molecule has 20 heavy (non-hydrogen) atoms. The molecule has 0 atom stereocenters. The molecule has 0 fully saturated rings. The monoisotopic (exact) mass is 290 g/mol. The number of hydrogen-bond acceptors (Lipinski definition) is 4. The van der Waals surface area contributed by atoms with E-state index >= 15 is 0 Å². The standard InChI is InChI=1S/C15H11ClO4/c1-20-15(19)12-8-10(4-7-13(12)17)14(18)9-2-5-11(16)6-3-9/h2-8,17H,1H3. The van der Waals surface area contributed by atoms with Crippen molar-refractivity contribution in [3.05, 3.63) is 64.2 Å². The molecule has 0 spiro atoms. The van der Waals surface area contributed by atoms with Crippen LogP contribution in [0, 0.1) is 0 Å².